The molecule has 1 saturated heterocycles. The number of benzene rings is 1. The lowest BCUT2D eigenvalue weighted by Gasteiger charge is -2.27. The summed E-state index contributed by atoms with van der Waals surface area (Å²) >= 11 is 0. The van der Waals surface area contributed by atoms with Crippen molar-refractivity contribution in [1.82, 2.24) is 15.5 Å². The van der Waals surface area contributed by atoms with E-state index in [2.05, 4.69) is 10.6 Å². The third-order valence-corrected chi connectivity index (χ3v) is 4.44. The molecule has 0 radical (unpaired) electrons. The number of alkyl carbamates (subject to hydrolysis) is 1. The number of nitrogens with one attached hydrogen (secondary N) is 2. The molecule has 3 amide bonds. The van der Waals surface area contributed by atoms with Gasteiger partial charge in [-0.1, -0.05) is 44.2 Å². The maximum absolute atomic E-state index is 12.7. The fourth-order valence-corrected chi connectivity index (χ4v) is 2.98. The Kier molecular flexibility index (Phi) is 7.64. The highest BCUT2D eigenvalue weighted by Crippen LogP contribution is 2.18. The van der Waals surface area contributed by atoms with Crippen LogP contribution in [0.2, 0.25) is 0 Å². The van der Waals surface area contributed by atoms with Crippen LogP contribution in [-0.4, -0.2) is 48.0 Å². The zero-order valence-electron chi connectivity index (χ0n) is 16.2. The van der Waals surface area contributed by atoms with Gasteiger partial charge in [-0.25, -0.2) is 4.79 Å². The van der Waals surface area contributed by atoms with Gasteiger partial charge in [0.15, 0.2) is 0 Å². The summed E-state index contributed by atoms with van der Waals surface area (Å²) in [5.74, 6) is -0.0539. The molecule has 7 nitrogen and oxygen atoms in total. The standard InChI is InChI=1S/C20H29N3O4/c1-14(2)12-21-18(24)17-10-7-11-23(17)19(25)15(3)22-20(26)27-13-16-8-5-4-6-9-16/h4-6,8-9,14-15,17H,7,10-13H2,1-3H3,(H,21,24)(H,22,26)/t15-,17-/m0/s1. The van der Waals surface area contributed by atoms with Crippen molar-refractivity contribution in [1.29, 1.82) is 0 Å². The summed E-state index contributed by atoms with van der Waals surface area (Å²) in [6.07, 6.45) is 0.761. The zero-order chi connectivity index (χ0) is 19.8. The Hall–Kier alpha value is -2.57. The molecule has 2 N–H and O–H groups in total. The molecule has 0 aromatic heterocycles. The molecule has 0 bridgehead atoms. The molecule has 0 saturated carbocycles. The molecule has 2 atom stereocenters. The Labute approximate surface area is 160 Å². The molecule has 27 heavy (non-hydrogen) atoms. The number of likely N-dealkylation sites (tertiary alicyclic amines) is 1. The third-order valence-electron chi connectivity index (χ3n) is 4.44. The Balaban J connectivity index is 1.83. The molecular weight excluding hydrogens is 346 g/mol. The Morgan fingerprint density at radius 2 is 1.89 bits per heavy atom. The van der Waals surface area contributed by atoms with E-state index in [1.807, 2.05) is 44.2 Å². The number of ether oxygens (including phenoxy) is 1. The summed E-state index contributed by atoms with van der Waals surface area (Å²) in [6, 6.07) is 8.08. The van der Waals surface area contributed by atoms with Gasteiger partial charge in [0.05, 0.1) is 0 Å². The molecule has 1 aromatic carbocycles. The van der Waals surface area contributed by atoms with Crippen molar-refractivity contribution >= 4 is 17.9 Å². The van der Waals surface area contributed by atoms with Crippen LogP contribution in [0.1, 0.15) is 39.2 Å². The van der Waals surface area contributed by atoms with Crippen LogP contribution in [-0.2, 0) is 20.9 Å². The molecule has 1 aliphatic heterocycles. The second kappa shape index (κ2) is 9.94. The molecule has 1 aromatic rings. The Morgan fingerprint density at radius 1 is 1.19 bits per heavy atom. The normalized spacial score (nSPS) is 17.5. The first-order valence-electron chi connectivity index (χ1n) is 9.44. The maximum atomic E-state index is 12.7. The van der Waals surface area contributed by atoms with Crippen molar-refractivity contribution in [3.8, 4) is 0 Å². The number of carbonyl (C=O) groups is 3. The van der Waals surface area contributed by atoms with E-state index in [0.29, 0.717) is 25.4 Å². The minimum Gasteiger partial charge on any atom is -0.445 e. The second-order valence-electron chi connectivity index (χ2n) is 7.26. The second-order valence-corrected chi connectivity index (χ2v) is 7.26. The van der Waals surface area contributed by atoms with Crippen LogP contribution in [0.15, 0.2) is 30.3 Å². The number of hydrogen-bond acceptors (Lipinski definition) is 4. The molecule has 1 heterocycles. The van der Waals surface area contributed by atoms with Gasteiger partial charge >= 0.3 is 6.09 Å². The van der Waals surface area contributed by atoms with Gasteiger partial charge in [-0.15, -0.1) is 0 Å². The van der Waals surface area contributed by atoms with E-state index in [0.717, 1.165) is 12.0 Å². The van der Waals surface area contributed by atoms with Gasteiger partial charge in [0, 0.05) is 13.1 Å². The Bertz CT molecular complexity index is 648. The number of nitrogens with zero attached hydrogens (tertiary/aromatic N) is 1. The van der Waals surface area contributed by atoms with Crippen molar-refractivity contribution in [2.45, 2.75) is 52.3 Å². The quantitative estimate of drug-likeness (QED) is 0.764. The molecule has 148 valence electrons. The van der Waals surface area contributed by atoms with Crippen molar-refractivity contribution in [3.05, 3.63) is 35.9 Å². The van der Waals surface area contributed by atoms with Crippen LogP contribution < -0.4 is 10.6 Å². The van der Waals surface area contributed by atoms with E-state index in [9.17, 15) is 14.4 Å². The molecule has 1 fully saturated rings. The van der Waals surface area contributed by atoms with E-state index in [-0.39, 0.29) is 18.4 Å². The maximum Gasteiger partial charge on any atom is 0.408 e. The molecule has 0 unspecified atom stereocenters. The smallest absolute Gasteiger partial charge is 0.408 e. The largest absolute Gasteiger partial charge is 0.445 e. The average Bonchev–Trinajstić information content (AvgIpc) is 3.14. The molecule has 0 aliphatic carbocycles. The fourth-order valence-electron chi connectivity index (χ4n) is 2.98. The molecule has 0 spiro atoms. The minimum absolute atomic E-state index is 0.131. The van der Waals surface area contributed by atoms with Gasteiger partial charge in [-0.3, -0.25) is 9.59 Å². The van der Waals surface area contributed by atoms with E-state index < -0.39 is 18.2 Å². The lowest BCUT2D eigenvalue weighted by atomic mass is 10.1. The minimum atomic E-state index is -0.758. The monoisotopic (exact) mass is 375 g/mol. The van der Waals surface area contributed by atoms with Gasteiger partial charge in [0.2, 0.25) is 11.8 Å². The first-order chi connectivity index (χ1) is 12.9. The van der Waals surface area contributed by atoms with Crippen LogP contribution in [0, 0.1) is 5.92 Å². The zero-order valence-corrected chi connectivity index (χ0v) is 16.2. The van der Waals surface area contributed by atoms with Crippen molar-refractivity contribution in [2.24, 2.45) is 5.92 Å². The van der Waals surface area contributed by atoms with Gasteiger partial charge in [0.1, 0.15) is 18.7 Å². The van der Waals surface area contributed by atoms with Crippen LogP contribution in [0.5, 0.6) is 0 Å². The van der Waals surface area contributed by atoms with Crippen LogP contribution in [0.25, 0.3) is 0 Å². The van der Waals surface area contributed by atoms with Gasteiger partial charge < -0.3 is 20.3 Å². The van der Waals surface area contributed by atoms with Crippen LogP contribution >= 0.6 is 0 Å². The predicted octanol–water partition coefficient (Wildman–Crippen LogP) is 2.06. The number of hydrogen-bond donors (Lipinski definition) is 2. The summed E-state index contributed by atoms with van der Waals surface area (Å²) in [5, 5.41) is 5.43. The molecule has 2 rings (SSSR count). The van der Waals surface area contributed by atoms with Crippen molar-refractivity contribution in [2.75, 3.05) is 13.1 Å². The number of amides is 3. The van der Waals surface area contributed by atoms with Crippen LogP contribution in [0.4, 0.5) is 4.79 Å². The summed E-state index contributed by atoms with van der Waals surface area (Å²) < 4.78 is 5.15. The van der Waals surface area contributed by atoms with E-state index >= 15 is 0 Å². The lowest BCUT2D eigenvalue weighted by Crippen LogP contribution is -2.52. The number of rotatable bonds is 7. The topological polar surface area (TPSA) is 87.7 Å². The SMILES string of the molecule is CC(C)CNC(=O)[C@@H]1CCCN1C(=O)[C@H](C)NC(=O)OCc1ccccc1. The predicted molar refractivity (Wildman–Crippen MR) is 102 cm³/mol. The lowest BCUT2D eigenvalue weighted by molar-refractivity contribution is -0.139. The highest BCUT2D eigenvalue weighted by atomic mass is 16.5. The summed E-state index contributed by atoms with van der Waals surface area (Å²) in [4.78, 5) is 38.5. The molecule has 1 aliphatic rings. The van der Waals surface area contributed by atoms with Gasteiger partial charge in [-0.05, 0) is 31.2 Å². The van der Waals surface area contributed by atoms with Crippen molar-refractivity contribution in [3.63, 3.8) is 0 Å². The highest BCUT2D eigenvalue weighted by Gasteiger charge is 2.36. The van der Waals surface area contributed by atoms with Crippen LogP contribution in [0.3, 0.4) is 0 Å². The summed E-state index contributed by atoms with van der Waals surface area (Å²) in [6.45, 7) is 6.88. The first kappa shape index (κ1) is 20.7. The highest BCUT2D eigenvalue weighted by molar-refractivity contribution is 5.91. The van der Waals surface area contributed by atoms with E-state index in [1.54, 1.807) is 11.8 Å². The van der Waals surface area contributed by atoms with Gasteiger partial charge in [-0.2, -0.15) is 0 Å². The van der Waals surface area contributed by atoms with E-state index in [1.165, 1.54) is 0 Å². The number of carbonyl (C=O) groups excluding carboxylic acids is 3. The van der Waals surface area contributed by atoms with Crippen molar-refractivity contribution < 1.29 is 19.1 Å². The summed E-state index contributed by atoms with van der Waals surface area (Å²) in [7, 11) is 0. The van der Waals surface area contributed by atoms with Gasteiger partial charge in [0.25, 0.3) is 0 Å². The first-order valence-corrected chi connectivity index (χ1v) is 9.44. The fraction of sp³-hybridized carbons (Fsp3) is 0.550. The third kappa shape index (κ3) is 6.27. The van der Waals surface area contributed by atoms with E-state index in [4.69, 9.17) is 4.74 Å². The summed E-state index contributed by atoms with van der Waals surface area (Å²) in [5.41, 5.74) is 0.869. The Morgan fingerprint density at radius 3 is 2.56 bits per heavy atom. The average molecular weight is 375 g/mol. The molecular formula is C20H29N3O4. The molecule has 7 heteroatoms.